The highest BCUT2D eigenvalue weighted by atomic mass is 16.5. The molecule has 178 valence electrons. The average molecular weight is 466 g/mol. The molecule has 3 aromatic carbocycles. The lowest BCUT2D eigenvalue weighted by atomic mass is 9.98. The van der Waals surface area contributed by atoms with Crippen molar-refractivity contribution in [1.82, 2.24) is 9.88 Å². The molecule has 5 rings (SSSR count). The van der Waals surface area contributed by atoms with Crippen molar-refractivity contribution in [3.8, 4) is 0 Å². The monoisotopic (exact) mass is 465 g/mol. The van der Waals surface area contributed by atoms with E-state index in [2.05, 4.69) is 6.92 Å². The van der Waals surface area contributed by atoms with Gasteiger partial charge in [0.15, 0.2) is 0 Å². The fraction of sp³-hybridized carbons (Fsp3) is 0.300. The van der Waals surface area contributed by atoms with Crippen LogP contribution in [0, 0.1) is 18.0 Å². The average Bonchev–Trinajstić information content (AvgIpc) is 3.72. The molecule has 1 saturated carbocycles. The number of amides is 1. The minimum absolute atomic E-state index is 0.00168. The summed E-state index contributed by atoms with van der Waals surface area (Å²) in [4.78, 5) is 20.9. The second kappa shape index (κ2) is 9.87. The van der Waals surface area contributed by atoms with Crippen LogP contribution in [0.3, 0.4) is 0 Å². The van der Waals surface area contributed by atoms with Gasteiger partial charge in [0.05, 0.1) is 12.5 Å². The molecule has 1 aliphatic carbocycles. The van der Waals surface area contributed by atoms with Gasteiger partial charge in [-0.25, -0.2) is 4.98 Å². The summed E-state index contributed by atoms with van der Waals surface area (Å²) < 4.78 is 1.04. The number of fused-ring (bicyclic) bond motifs is 1. The number of hydrogen-bond acceptors (Lipinski definition) is 3. The Labute approximate surface area is 206 Å². The molecule has 1 amide bonds. The van der Waals surface area contributed by atoms with E-state index < -0.39 is 0 Å². The van der Waals surface area contributed by atoms with E-state index >= 15 is 0 Å². The number of hydrogen-bond donors (Lipinski definition) is 0. The first-order valence-corrected chi connectivity index (χ1v) is 12.5. The maximum absolute atomic E-state index is 13.8. The molecule has 1 atom stereocenters. The lowest BCUT2D eigenvalue weighted by molar-refractivity contribution is -0.586. The van der Waals surface area contributed by atoms with Gasteiger partial charge in [0, 0.05) is 18.2 Å². The summed E-state index contributed by atoms with van der Waals surface area (Å²) in [5.74, 6) is 0.306. The second-order valence-corrected chi connectivity index (χ2v) is 9.54. The zero-order valence-electron chi connectivity index (χ0n) is 20.4. The van der Waals surface area contributed by atoms with Crippen molar-refractivity contribution in [2.24, 2.45) is 5.92 Å². The van der Waals surface area contributed by atoms with Crippen molar-refractivity contribution in [3.63, 3.8) is 0 Å². The van der Waals surface area contributed by atoms with Gasteiger partial charge in [-0.15, -0.1) is 0 Å². The zero-order chi connectivity index (χ0) is 24.4. The molecule has 1 aromatic heterocycles. The number of aromatic nitrogens is 2. The first-order valence-electron chi connectivity index (χ1n) is 12.5. The molecular formula is C30H31N3O2. The standard InChI is InChI=1S/C30H31N3O2/c1-3-19-32(30(34)24-15-13-21(2)14-16-24)29(23-17-18-23)28-27(20-22-9-5-4-6-10-22)33(35)26-12-8-7-11-25(26)31-28/h4-16,23,29H,3,17-20H2,1-2H3. The maximum Gasteiger partial charge on any atom is 0.254 e. The number of aryl methyl sites for hydroxylation is 1. The third-order valence-electron chi connectivity index (χ3n) is 6.81. The number of benzene rings is 3. The Bertz CT molecular complexity index is 1330. The fourth-order valence-electron chi connectivity index (χ4n) is 4.87. The largest absolute Gasteiger partial charge is 0.618 e. The molecule has 0 spiro atoms. The topological polar surface area (TPSA) is 60.1 Å². The highest BCUT2D eigenvalue weighted by Gasteiger charge is 2.42. The fourth-order valence-corrected chi connectivity index (χ4v) is 4.87. The quantitative estimate of drug-likeness (QED) is 0.245. The Kier molecular flexibility index (Phi) is 6.49. The summed E-state index contributed by atoms with van der Waals surface area (Å²) in [5, 5.41) is 13.7. The minimum atomic E-state index is -0.229. The predicted octanol–water partition coefficient (Wildman–Crippen LogP) is 5.77. The predicted molar refractivity (Wildman–Crippen MR) is 138 cm³/mol. The molecule has 0 N–H and O–H groups in total. The van der Waals surface area contributed by atoms with E-state index in [1.54, 1.807) is 0 Å². The van der Waals surface area contributed by atoms with E-state index in [9.17, 15) is 10.0 Å². The van der Waals surface area contributed by atoms with Gasteiger partial charge in [0.1, 0.15) is 11.2 Å². The molecule has 5 nitrogen and oxygen atoms in total. The molecule has 5 heteroatoms. The number of nitrogens with zero attached hydrogens (tertiary/aromatic N) is 3. The molecule has 0 radical (unpaired) electrons. The summed E-state index contributed by atoms with van der Waals surface area (Å²) in [6.45, 7) is 4.73. The van der Waals surface area contributed by atoms with E-state index in [1.807, 2.05) is 90.7 Å². The Morgan fingerprint density at radius 2 is 1.71 bits per heavy atom. The van der Waals surface area contributed by atoms with E-state index in [4.69, 9.17) is 4.98 Å². The van der Waals surface area contributed by atoms with Crippen LogP contribution in [-0.2, 0) is 6.42 Å². The summed E-state index contributed by atoms with van der Waals surface area (Å²) in [5.41, 5.74) is 5.44. The van der Waals surface area contributed by atoms with Gasteiger partial charge in [-0.3, -0.25) is 4.79 Å². The molecule has 1 aliphatic rings. The Morgan fingerprint density at radius 3 is 2.40 bits per heavy atom. The molecule has 0 saturated heterocycles. The molecule has 1 fully saturated rings. The van der Waals surface area contributed by atoms with E-state index in [0.717, 1.165) is 40.8 Å². The van der Waals surface area contributed by atoms with Gasteiger partial charge >= 0.3 is 0 Å². The van der Waals surface area contributed by atoms with Crippen LogP contribution in [-0.4, -0.2) is 22.3 Å². The lowest BCUT2D eigenvalue weighted by Crippen LogP contribution is -2.42. The normalized spacial score (nSPS) is 14.1. The first kappa shape index (κ1) is 23.0. The van der Waals surface area contributed by atoms with Crippen LogP contribution in [0.5, 0.6) is 0 Å². The van der Waals surface area contributed by atoms with Crippen molar-refractivity contribution in [2.45, 2.75) is 45.6 Å². The third kappa shape index (κ3) is 4.76. The van der Waals surface area contributed by atoms with Gasteiger partial charge < -0.3 is 10.1 Å². The SMILES string of the molecule is CCCN(C(=O)c1ccc(C)cc1)C(c1nc2ccccc2[n+]([O-])c1Cc1ccccc1)C1CC1. The smallest absolute Gasteiger partial charge is 0.254 e. The van der Waals surface area contributed by atoms with Gasteiger partial charge in [0.25, 0.3) is 5.91 Å². The summed E-state index contributed by atoms with van der Waals surface area (Å²) in [6.07, 6.45) is 3.37. The molecule has 0 bridgehead atoms. The third-order valence-corrected chi connectivity index (χ3v) is 6.81. The van der Waals surface area contributed by atoms with Crippen LogP contribution < -0.4 is 4.73 Å². The van der Waals surface area contributed by atoms with E-state index in [-0.39, 0.29) is 11.9 Å². The van der Waals surface area contributed by atoms with Gasteiger partial charge in [-0.2, -0.15) is 4.73 Å². The van der Waals surface area contributed by atoms with Crippen LogP contribution in [0.4, 0.5) is 0 Å². The van der Waals surface area contributed by atoms with Crippen molar-refractivity contribution in [3.05, 3.63) is 112 Å². The summed E-state index contributed by atoms with van der Waals surface area (Å²) in [7, 11) is 0. The van der Waals surface area contributed by atoms with Crippen LogP contribution in [0.15, 0.2) is 78.9 Å². The van der Waals surface area contributed by atoms with Crippen LogP contribution >= 0.6 is 0 Å². The van der Waals surface area contributed by atoms with E-state index in [0.29, 0.717) is 41.2 Å². The van der Waals surface area contributed by atoms with E-state index in [1.165, 1.54) is 0 Å². The van der Waals surface area contributed by atoms with Crippen molar-refractivity contribution >= 4 is 16.9 Å². The Balaban J connectivity index is 1.66. The van der Waals surface area contributed by atoms with Crippen LogP contribution in [0.1, 0.15) is 65.1 Å². The van der Waals surface area contributed by atoms with Crippen LogP contribution in [0.25, 0.3) is 11.0 Å². The highest BCUT2D eigenvalue weighted by molar-refractivity contribution is 5.94. The molecule has 4 aromatic rings. The number of para-hydroxylation sites is 2. The summed E-state index contributed by atoms with van der Waals surface area (Å²) in [6, 6.07) is 25.0. The highest BCUT2D eigenvalue weighted by Crippen LogP contribution is 2.45. The first-order chi connectivity index (χ1) is 17.1. The zero-order valence-corrected chi connectivity index (χ0v) is 20.4. The van der Waals surface area contributed by atoms with Gasteiger partial charge in [-0.1, -0.05) is 67.1 Å². The molecule has 35 heavy (non-hydrogen) atoms. The Hall–Kier alpha value is -3.73. The van der Waals surface area contributed by atoms with Crippen LogP contribution in [0.2, 0.25) is 0 Å². The minimum Gasteiger partial charge on any atom is -0.618 e. The molecule has 1 unspecified atom stereocenters. The lowest BCUT2D eigenvalue weighted by Gasteiger charge is -2.32. The molecular weight excluding hydrogens is 434 g/mol. The number of carbonyl (C=O) groups is 1. The van der Waals surface area contributed by atoms with Crippen molar-refractivity contribution in [2.75, 3.05) is 6.54 Å². The van der Waals surface area contributed by atoms with Gasteiger partial charge in [0.2, 0.25) is 11.2 Å². The van der Waals surface area contributed by atoms with Crippen molar-refractivity contribution in [1.29, 1.82) is 0 Å². The van der Waals surface area contributed by atoms with Gasteiger partial charge in [-0.05, 0) is 55.9 Å². The molecule has 1 heterocycles. The number of rotatable bonds is 8. The molecule has 0 aliphatic heterocycles. The Morgan fingerprint density at radius 1 is 1.03 bits per heavy atom. The second-order valence-electron chi connectivity index (χ2n) is 9.54. The summed E-state index contributed by atoms with van der Waals surface area (Å²) >= 11 is 0. The number of carbonyl (C=O) groups excluding carboxylic acids is 1. The van der Waals surface area contributed by atoms with Crippen molar-refractivity contribution < 1.29 is 9.52 Å². The maximum atomic E-state index is 13.8.